The van der Waals surface area contributed by atoms with Gasteiger partial charge in [-0.15, -0.1) is 6.58 Å². The van der Waals surface area contributed by atoms with Crippen LogP contribution in [0.25, 0.3) is 0 Å². The minimum Gasteiger partial charge on any atom is -0.446 e. The van der Waals surface area contributed by atoms with E-state index in [9.17, 15) is 24.0 Å². The molecule has 3 N–H and O–H groups in total. The number of nitrogens with one attached hydrogen (secondary N) is 3. The van der Waals surface area contributed by atoms with Crippen molar-refractivity contribution in [2.45, 2.75) is 90.8 Å². The molecule has 0 aliphatic heterocycles. The van der Waals surface area contributed by atoms with Crippen molar-refractivity contribution in [3.8, 4) is 0 Å². The molecule has 0 aromatic rings. The van der Waals surface area contributed by atoms with Crippen molar-refractivity contribution in [2.24, 2.45) is 5.92 Å². The second-order valence-corrected chi connectivity index (χ2v) is 9.13. The molecule has 0 saturated heterocycles. The second-order valence-electron chi connectivity index (χ2n) is 9.13. The summed E-state index contributed by atoms with van der Waals surface area (Å²) in [7, 11) is 0. The fourth-order valence-electron chi connectivity index (χ4n) is 4.10. The molecule has 0 aromatic heterocycles. The van der Waals surface area contributed by atoms with Crippen LogP contribution in [0.2, 0.25) is 0 Å². The van der Waals surface area contributed by atoms with Gasteiger partial charge in [0.25, 0.3) is 5.91 Å². The van der Waals surface area contributed by atoms with E-state index in [2.05, 4.69) is 29.5 Å². The number of Topliss-reactive ketones (excluding diaryl/α,β-unsaturated/α-hetero) is 1. The summed E-state index contributed by atoms with van der Waals surface area (Å²) in [6, 6.07) is -1.90. The van der Waals surface area contributed by atoms with Crippen molar-refractivity contribution < 1.29 is 28.7 Å². The van der Waals surface area contributed by atoms with Crippen LogP contribution in [0.4, 0.5) is 4.79 Å². The molecule has 1 aliphatic carbocycles. The predicted octanol–water partition coefficient (Wildman–Crippen LogP) is 2.07. The molecule has 0 bridgehead atoms. The van der Waals surface area contributed by atoms with Gasteiger partial charge in [0, 0.05) is 13.1 Å². The molecule has 0 heterocycles. The highest BCUT2D eigenvalue weighted by Gasteiger charge is 2.31. The van der Waals surface area contributed by atoms with Gasteiger partial charge in [-0.2, -0.15) is 0 Å². The molecule has 4 amide bonds. The number of ether oxygens (including phenoxy) is 1. The van der Waals surface area contributed by atoms with E-state index in [1.165, 1.54) is 11.0 Å². The third kappa shape index (κ3) is 10.5. The Balaban J connectivity index is 2.71. The number of nitrogens with zero attached hydrogens (tertiary/aromatic N) is 1. The van der Waals surface area contributed by atoms with Crippen LogP contribution in [0.15, 0.2) is 12.7 Å². The van der Waals surface area contributed by atoms with Gasteiger partial charge in [0.2, 0.25) is 17.6 Å². The Bertz CT molecular complexity index is 756. The monoisotopic (exact) mass is 494 g/mol. The smallest absolute Gasteiger partial charge is 0.407 e. The molecule has 0 spiro atoms. The molecule has 0 aromatic carbocycles. The Hall–Kier alpha value is -2.91. The summed E-state index contributed by atoms with van der Waals surface area (Å²) in [5.74, 6) is -2.03. The largest absolute Gasteiger partial charge is 0.446 e. The Morgan fingerprint density at radius 1 is 1.11 bits per heavy atom. The molecule has 4 atom stereocenters. The molecule has 1 aliphatic rings. The van der Waals surface area contributed by atoms with Crippen molar-refractivity contribution in [1.82, 2.24) is 20.9 Å². The normalized spacial score (nSPS) is 19.0. The zero-order valence-electron chi connectivity index (χ0n) is 21.6. The molecule has 1 fully saturated rings. The minimum atomic E-state index is -0.996. The van der Waals surface area contributed by atoms with E-state index in [1.54, 1.807) is 6.92 Å². The highest BCUT2D eigenvalue weighted by molar-refractivity contribution is 6.38. The quantitative estimate of drug-likeness (QED) is 0.250. The van der Waals surface area contributed by atoms with E-state index in [0.717, 1.165) is 25.7 Å². The standard InChI is InChI=1S/C25H42N4O6/c1-6-10-20(22(31)24(33)26-13-7-2)28-23(32)18(5)29(14-8-3)21(30)16-27-25(34)35-19-12-9-11-17(4)15-19/h7,17-20H,2,6,8-16H2,1,3-5H3,(H,26,33)(H,27,34)(H,28,32)/t17?,18-,19+,20-/m0/s1. The maximum Gasteiger partial charge on any atom is 0.407 e. The summed E-state index contributed by atoms with van der Waals surface area (Å²) < 4.78 is 5.43. The van der Waals surface area contributed by atoms with E-state index in [0.29, 0.717) is 18.8 Å². The number of alkyl carbamates (subject to hydrolysis) is 1. The van der Waals surface area contributed by atoms with E-state index >= 15 is 0 Å². The Morgan fingerprint density at radius 2 is 1.83 bits per heavy atom. The number of hydrogen-bond acceptors (Lipinski definition) is 6. The number of carbonyl (C=O) groups is 5. The predicted molar refractivity (Wildman–Crippen MR) is 132 cm³/mol. The zero-order chi connectivity index (χ0) is 26.4. The molecular formula is C25H42N4O6. The summed E-state index contributed by atoms with van der Waals surface area (Å²) in [6.07, 6.45) is 5.85. The summed E-state index contributed by atoms with van der Waals surface area (Å²) in [5.41, 5.74) is 0. The molecule has 0 radical (unpaired) electrons. The first-order valence-corrected chi connectivity index (χ1v) is 12.6. The summed E-state index contributed by atoms with van der Waals surface area (Å²) in [5, 5.41) is 7.52. The maximum absolute atomic E-state index is 12.9. The molecule has 1 rings (SSSR count). The fourth-order valence-corrected chi connectivity index (χ4v) is 4.10. The maximum atomic E-state index is 12.9. The average Bonchev–Trinajstić information content (AvgIpc) is 2.83. The topological polar surface area (TPSA) is 134 Å². The Labute approximate surface area is 208 Å². The van der Waals surface area contributed by atoms with E-state index in [-0.39, 0.29) is 32.2 Å². The van der Waals surface area contributed by atoms with Crippen molar-refractivity contribution in [2.75, 3.05) is 19.6 Å². The molecular weight excluding hydrogens is 452 g/mol. The van der Waals surface area contributed by atoms with Crippen molar-refractivity contribution >= 4 is 29.6 Å². The van der Waals surface area contributed by atoms with Gasteiger partial charge in [-0.05, 0) is 44.9 Å². The molecule has 1 unspecified atom stereocenters. The van der Waals surface area contributed by atoms with Crippen LogP contribution in [0, 0.1) is 5.92 Å². The lowest BCUT2D eigenvalue weighted by Gasteiger charge is -2.30. The van der Waals surface area contributed by atoms with Crippen LogP contribution in [0.1, 0.15) is 72.6 Å². The van der Waals surface area contributed by atoms with Crippen molar-refractivity contribution in [3.05, 3.63) is 12.7 Å². The van der Waals surface area contributed by atoms with Gasteiger partial charge in [-0.25, -0.2) is 4.79 Å². The van der Waals surface area contributed by atoms with E-state index < -0.39 is 41.7 Å². The molecule has 10 nitrogen and oxygen atoms in total. The number of rotatable bonds is 14. The van der Waals surface area contributed by atoms with Gasteiger partial charge in [0.05, 0.1) is 6.04 Å². The van der Waals surface area contributed by atoms with Gasteiger partial charge in [-0.1, -0.05) is 39.7 Å². The van der Waals surface area contributed by atoms with Gasteiger partial charge < -0.3 is 25.6 Å². The van der Waals surface area contributed by atoms with Gasteiger partial charge >= 0.3 is 6.09 Å². The molecule has 198 valence electrons. The Morgan fingerprint density at radius 3 is 2.43 bits per heavy atom. The average molecular weight is 495 g/mol. The summed E-state index contributed by atoms with van der Waals surface area (Å²) in [6.45, 7) is 11.0. The lowest BCUT2D eigenvalue weighted by Crippen LogP contribution is -2.55. The van der Waals surface area contributed by atoms with Crippen molar-refractivity contribution in [1.29, 1.82) is 0 Å². The molecule has 35 heavy (non-hydrogen) atoms. The van der Waals surface area contributed by atoms with Gasteiger partial charge in [0.15, 0.2) is 0 Å². The van der Waals surface area contributed by atoms with Crippen LogP contribution >= 0.6 is 0 Å². The summed E-state index contributed by atoms with van der Waals surface area (Å²) in [4.78, 5) is 63.8. The highest BCUT2D eigenvalue weighted by atomic mass is 16.6. The van der Waals surface area contributed by atoms with Crippen LogP contribution in [-0.4, -0.2) is 72.3 Å². The van der Waals surface area contributed by atoms with Crippen LogP contribution in [-0.2, 0) is 23.9 Å². The highest BCUT2D eigenvalue weighted by Crippen LogP contribution is 2.25. The van der Waals surface area contributed by atoms with Crippen molar-refractivity contribution in [3.63, 3.8) is 0 Å². The fraction of sp³-hybridized carbons (Fsp3) is 0.720. The third-order valence-corrected chi connectivity index (χ3v) is 6.02. The minimum absolute atomic E-state index is 0.141. The SMILES string of the molecule is C=CCNC(=O)C(=O)[C@H](CCC)NC(=O)[C@H](C)N(CCC)C(=O)CNC(=O)O[C@@H]1CCCC(C)C1. The van der Waals surface area contributed by atoms with Gasteiger partial charge in [0.1, 0.15) is 18.7 Å². The van der Waals surface area contributed by atoms with E-state index in [1.807, 2.05) is 13.8 Å². The first-order chi connectivity index (χ1) is 16.6. The number of ketones is 1. The molecule has 1 saturated carbocycles. The van der Waals surface area contributed by atoms with E-state index in [4.69, 9.17) is 4.74 Å². The number of amides is 4. The lowest BCUT2D eigenvalue weighted by molar-refractivity contribution is -0.142. The lowest BCUT2D eigenvalue weighted by atomic mass is 9.89. The van der Waals surface area contributed by atoms with Crippen LogP contribution < -0.4 is 16.0 Å². The second kappa shape index (κ2) is 15.9. The first-order valence-electron chi connectivity index (χ1n) is 12.6. The van der Waals surface area contributed by atoms with Gasteiger partial charge in [-0.3, -0.25) is 19.2 Å². The number of hydrogen-bond donors (Lipinski definition) is 3. The Kier molecular flexibility index (Phi) is 13.7. The third-order valence-electron chi connectivity index (χ3n) is 6.02. The zero-order valence-corrected chi connectivity index (χ0v) is 21.6. The summed E-state index contributed by atoms with van der Waals surface area (Å²) >= 11 is 0. The number of carbonyl (C=O) groups excluding carboxylic acids is 5. The molecule has 10 heteroatoms. The van der Waals surface area contributed by atoms with Crippen LogP contribution in [0.5, 0.6) is 0 Å². The first kappa shape index (κ1) is 30.1. The van der Waals surface area contributed by atoms with Crippen LogP contribution in [0.3, 0.4) is 0 Å².